The third-order valence-corrected chi connectivity index (χ3v) is 5.72. The van der Waals surface area contributed by atoms with Crippen LogP contribution in [0.3, 0.4) is 0 Å². The van der Waals surface area contributed by atoms with Crippen molar-refractivity contribution in [1.29, 1.82) is 0 Å². The molecule has 1 saturated carbocycles. The predicted octanol–water partition coefficient (Wildman–Crippen LogP) is 4.14. The Balaban J connectivity index is 1.65. The van der Waals surface area contributed by atoms with Crippen LogP contribution in [0.25, 0.3) is 5.65 Å². The molecule has 0 saturated heterocycles. The van der Waals surface area contributed by atoms with Crippen molar-refractivity contribution in [2.45, 2.75) is 58.4 Å². The number of rotatable bonds is 4. The first-order chi connectivity index (χ1) is 13.5. The zero-order valence-corrected chi connectivity index (χ0v) is 16.3. The van der Waals surface area contributed by atoms with Crippen molar-refractivity contribution in [3.8, 4) is 0 Å². The Kier molecular flexibility index (Phi) is 5.11. The number of aryl methyl sites for hydroxylation is 2. The number of halogens is 1. The summed E-state index contributed by atoms with van der Waals surface area (Å²) in [6.07, 6.45) is 7.65. The van der Waals surface area contributed by atoms with E-state index in [1.165, 1.54) is 12.5 Å². The number of fused-ring (bicyclic) bond motifs is 1. The van der Waals surface area contributed by atoms with Gasteiger partial charge in [0.2, 0.25) is 0 Å². The quantitative estimate of drug-likeness (QED) is 0.740. The van der Waals surface area contributed by atoms with E-state index in [4.69, 9.17) is 0 Å². The van der Waals surface area contributed by atoms with Gasteiger partial charge in [0.15, 0.2) is 5.65 Å². The standard InChI is InChI=1S/C22H25FN4O/c1-14-18(12-16-8-6-7-11-20(16)23)15(2)27-21(25-14)19(13-24-27)22(28)26-17-9-4-3-5-10-17/h6-8,11,13,17H,3-5,9-10,12H2,1-2H3,(H,26,28). The molecule has 28 heavy (non-hydrogen) atoms. The molecule has 6 heteroatoms. The Morgan fingerprint density at radius 2 is 1.96 bits per heavy atom. The molecule has 0 spiro atoms. The second-order valence-electron chi connectivity index (χ2n) is 7.63. The molecular weight excluding hydrogens is 355 g/mol. The molecule has 1 amide bonds. The number of carbonyl (C=O) groups is 1. The van der Waals surface area contributed by atoms with Gasteiger partial charge in [0, 0.05) is 23.9 Å². The van der Waals surface area contributed by atoms with E-state index in [-0.39, 0.29) is 17.8 Å². The van der Waals surface area contributed by atoms with E-state index in [0.717, 1.165) is 42.6 Å². The Morgan fingerprint density at radius 1 is 1.21 bits per heavy atom. The van der Waals surface area contributed by atoms with E-state index in [0.29, 0.717) is 23.2 Å². The average Bonchev–Trinajstić information content (AvgIpc) is 3.11. The highest BCUT2D eigenvalue weighted by Crippen LogP contribution is 2.22. The normalized spacial score (nSPS) is 15.1. The summed E-state index contributed by atoms with van der Waals surface area (Å²) in [4.78, 5) is 17.4. The molecule has 1 fully saturated rings. The van der Waals surface area contributed by atoms with Gasteiger partial charge in [-0.05, 0) is 43.9 Å². The molecular formula is C22H25FN4O. The van der Waals surface area contributed by atoms with Crippen LogP contribution >= 0.6 is 0 Å². The molecule has 0 bridgehead atoms. The Hall–Kier alpha value is -2.76. The van der Waals surface area contributed by atoms with Crippen molar-refractivity contribution in [2.75, 3.05) is 0 Å². The van der Waals surface area contributed by atoms with E-state index in [1.54, 1.807) is 22.8 Å². The highest BCUT2D eigenvalue weighted by atomic mass is 19.1. The first-order valence-corrected chi connectivity index (χ1v) is 9.92. The minimum atomic E-state index is -0.227. The van der Waals surface area contributed by atoms with E-state index in [2.05, 4.69) is 15.4 Å². The van der Waals surface area contributed by atoms with Crippen LogP contribution in [0.5, 0.6) is 0 Å². The average molecular weight is 380 g/mol. The van der Waals surface area contributed by atoms with Crippen LogP contribution < -0.4 is 5.32 Å². The monoisotopic (exact) mass is 380 g/mol. The molecule has 3 aromatic rings. The lowest BCUT2D eigenvalue weighted by molar-refractivity contribution is 0.0929. The molecule has 146 valence electrons. The van der Waals surface area contributed by atoms with Crippen molar-refractivity contribution in [3.63, 3.8) is 0 Å². The van der Waals surface area contributed by atoms with Gasteiger partial charge in [-0.3, -0.25) is 4.79 Å². The number of aromatic nitrogens is 3. The van der Waals surface area contributed by atoms with Crippen molar-refractivity contribution >= 4 is 11.6 Å². The van der Waals surface area contributed by atoms with Crippen LogP contribution in [0.2, 0.25) is 0 Å². The zero-order valence-electron chi connectivity index (χ0n) is 16.3. The zero-order chi connectivity index (χ0) is 19.7. The molecule has 1 aliphatic rings. The molecule has 1 aromatic carbocycles. The molecule has 2 heterocycles. The molecule has 4 rings (SSSR count). The Bertz CT molecular complexity index is 1020. The molecule has 5 nitrogen and oxygen atoms in total. The molecule has 0 unspecified atom stereocenters. The minimum Gasteiger partial charge on any atom is -0.349 e. The first kappa shape index (κ1) is 18.6. The fourth-order valence-corrected chi connectivity index (χ4v) is 4.07. The van der Waals surface area contributed by atoms with Gasteiger partial charge in [-0.1, -0.05) is 37.5 Å². The Morgan fingerprint density at radius 3 is 2.71 bits per heavy atom. The van der Waals surface area contributed by atoms with Gasteiger partial charge >= 0.3 is 0 Å². The summed E-state index contributed by atoms with van der Waals surface area (Å²) in [7, 11) is 0. The smallest absolute Gasteiger partial charge is 0.256 e. The van der Waals surface area contributed by atoms with Crippen LogP contribution in [0.15, 0.2) is 30.5 Å². The van der Waals surface area contributed by atoms with Crippen LogP contribution in [0, 0.1) is 19.7 Å². The molecule has 0 aliphatic heterocycles. The van der Waals surface area contributed by atoms with E-state index < -0.39 is 0 Å². The number of carbonyl (C=O) groups excluding carboxylic acids is 1. The summed E-state index contributed by atoms with van der Waals surface area (Å²) in [6, 6.07) is 7.00. The third-order valence-electron chi connectivity index (χ3n) is 5.72. The van der Waals surface area contributed by atoms with Crippen molar-refractivity contribution in [3.05, 3.63) is 64.4 Å². The van der Waals surface area contributed by atoms with Gasteiger partial charge in [-0.2, -0.15) is 5.10 Å². The summed E-state index contributed by atoms with van der Waals surface area (Å²) in [5.41, 5.74) is 4.27. The number of hydrogen-bond acceptors (Lipinski definition) is 3. The van der Waals surface area contributed by atoms with Crippen LogP contribution in [0.1, 0.15) is 65.0 Å². The summed E-state index contributed by atoms with van der Waals surface area (Å²) < 4.78 is 15.8. The van der Waals surface area contributed by atoms with Crippen LogP contribution in [-0.4, -0.2) is 26.5 Å². The second-order valence-corrected chi connectivity index (χ2v) is 7.63. The molecule has 2 aromatic heterocycles. The fourth-order valence-electron chi connectivity index (χ4n) is 4.07. The highest BCUT2D eigenvalue weighted by Gasteiger charge is 2.22. The molecule has 0 radical (unpaired) electrons. The van der Waals surface area contributed by atoms with Crippen molar-refractivity contribution < 1.29 is 9.18 Å². The van der Waals surface area contributed by atoms with Gasteiger partial charge in [0.1, 0.15) is 11.4 Å². The second kappa shape index (κ2) is 7.70. The minimum absolute atomic E-state index is 0.116. The summed E-state index contributed by atoms with van der Waals surface area (Å²) in [6.45, 7) is 3.84. The third kappa shape index (κ3) is 3.51. The molecule has 0 atom stereocenters. The summed E-state index contributed by atoms with van der Waals surface area (Å²) in [5.74, 6) is -0.343. The lowest BCUT2D eigenvalue weighted by Gasteiger charge is -2.22. The van der Waals surface area contributed by atoms with Crippen LogP contribution in [0.4, 0.5) is 4.39 Å². The van der Waals surface area contributed by atoms with E-state index >= 15 is 0 Å². The molecule has 1 aliphatic carbocycles. The predicted molar refractivity (Wildman–Crippen MR) is 106 cm³/mol. The van der Waals surface area contributed by atoms with Gasteiger partial charge in [-0.15, -0.1) is 0 Å². The number of benzene rings is 1. The van der Waals surface area contributed by atoms with Gasteiger partial charge in [0.25, 0.3) is 5.91 Å². The SMILES string of the molecule is Cc1nc2c(C(=O)NC3CCCCC3)cnn2c(C)c1Cc1ccccc1F. The van der Waals surface area contributed by atoms with Gasteiger partial charge < -0.3 is 5.32 Å². The van der Waals surface area contributed by atoms with Crippen LogP contribution in [-0.2, 0) is 6.42 Å². The lowest BCUT2D eigenvalue weighted by Crippen LogP contribution is -2.36. The van der Waals surface area contributed by atoms with Crippen molar-refractivity contribution in [2.24, 2.45) is 0 Å². The lowest BCUT2D eigenvalue weighted by atomic mass is 9.95. The highest BCUT2D eigenvalue weighted by molar-refractivity contribution is 5.99. The number of amides is 1. The largest absolute Gasteiger partial charge is 0.349 e. The van der Waals surface area contributed by atoms with Gasteiger partial charge in [-0.25, -0.2) is 13.9 Å². The topological polar surface area (TPSA) is 59.3 Å². The summed E-state index contributed by atoms with van der Waals surface area (Å²) in [5, 5.41) is 7.53. The maximum absolute atomic E-state index is 14.1. The fraction of sp³-hybridized carbons (Fsp3) is 0.409. The number of nitrogens with zero attached hydrogens (tertiary/aromatic N) is 3. The number of nitrogens with one attached hydrogen (secondary N) is 1. The molecule has 1 N–H and O–H groups in total. The first-order valence-electron chi connectivity index (χ1n) is 9.92. The number of hydrogen-bond donors (Lipinski definition) is 1. The summed E-state index contributed by atoms with van der Waals surface area (Å²) >= 11 is 0. The van der Waals surface area contributed by atoms with Crippen molar-refractivity contribution in [1.82, 2.24) is 19.9 Å². The van der Waals surface area contributed by atoms with Gasteiger partial charge in [0.05, 0.1) is 6.20 Å². The van der Waals surface area contributed by atoms with E-state index in [9.17, 15) is 9.18 Å². The Labute approximate surface area is 164 Å². The maximum atomic E-state index is 14.1. The van der Waals surface area contributed by atoms with E-state index in [1.807, 2.05) is 19.9 Å². The maximum Gasteiger partial charge on any atom is 0.256 e.